The Labute approximate surface area is 213 Å². The Morgan fingerprint density at radius 2 is 1.89 bits per heavy atom. The van der Waals surface area contributed by atoms with Gasteiger partial charge in [0.05, 0.1) is 5.92 Å². The summed E-state index contributed by atoms with van der Waals surface area (Å²) in [5.74, 6) is 0.162. The lowest BCUT2D eigenvalue weighted by Gasteiger charge is -2.45. The first-order valence-corrected chi connectivity index (χ1v) is 13.8. The van der Waals surface area contributed by atoms with Crippen LogP contribution in [0.1, 0.15) is 43.9 Å². The second kappa shape index (κ2) is 13.0. The molecule has 3 rings (SSSR count). The smallest absolute Gasteiger partial charge is 0.326 e. The Morgan fingerprint density at radius 3 is 2.54 bits per heavy atom. The summed E-state index contributed by atoms with van der Waals surface area (Å²) in [5.41, 5.74) is 2.10. The van der Waals surface area contributed by atoms with Gasteiger partial charge in [0.2, 0.25) is 5.91 Å². The number of benzene rings is 2. The molecule has 1 heterocycles. The minimum atomic E-state index is -0.996. The molecule has 7 heteroatoms. The van der Waals surface area contributed by atoms with Gasteiger partial charge in [-0.1, -0.05) is 56.3 Å². The molecular formula is C28H38N2O4S. The molecule has 0 bridgehead atoms. The molecule has 0 aromatic heterocycles. The molecule has 5 atom stereocenters. The second-order valence-corrected chi connectivity index (χ2v) is 10.7. The average Bonchev–Trinajstić information content (AvgIpc) is 2.84. The van der Waals surface area contributed by atoms with Gasteiger partial charge in [-0.05, 0) is 72.9 Å². The van der Waals surface area contributed by atoms with Crippen molar-refractivity contribution in [1.29, 1.82) is 0 Å². The van der Waals surface area contributed by atoms with E-state index in [1.165, 1.54) is 0 Å². The third kappa shape index (κ3) is 7.48. The van der Waals surface area contributed by atoms with Crippen molar-refractivity contribution in [1.82, 2.24) is 10.2 Å². The summed E-state index contributed by atoms with van der Waals surface area (Å²) in [7, 11) is 0. The highest BCUT2D eigenvalue weighted by molar-refractivity contribution is 7.98. The molecule has 0 aliphatic carbocycles. The lowest BCUT2D eigenvalue weighted by atomic mass is 9.78. The van der Waals surface area contributed by atoms with Crippen molar-refractivity contribution >= 4 is 23.6 Å². The monoisotopic (exact) mass is 498 g/mol. The fourth-order valence-corrected chi connectivity index (χ4v) is 5.52. The number of rotatable bonds is 11. The Kier molecular flexibility index (Phi) is 10.0. The Balaban J connectivity index is 1.87. The average molecular weight is 499 g/mol. The van der Waals surface area contributed by atoms with Gasteiger partial charge in [0.15, 0.2) is 0 Å². The van der Waals surface area contributed by atoms with Crippen molar-refractivity contribution in [2.75, 3.05) is 25.1 Å². The van der Waals surface area contributed by atoms with Gasteiger partial charge in [-0.2, -0.15) is 11.8 Å². The highest BCUT2D eigenvalue weighted by Crippen LogP contribution is 2.40. The summed E-state index contributed by atoms with van der Waals surface area (Å²) >= 11 is 1.57. The number of carbonyl (C=O) groups is 2. The van der Waals surface area contributed by atoms with Gasteiger partial charge in [-0.3, -0.25) is 9.69 Å². The van der Waals surface area contributed by atoms with E-state index in [2.05, 4.69) is 24.1 Å². The molecule has 1 fully saturated rings. The topological polar surface area (TPSA) is 89.9 Å². The predicted molar refractivity (Wildman–Crippen MR) is 142 cm³/mol. The van der Waals surface area contributed by atoms with Crippen LogP contribution in [0.15, 0.2) is 54.6 Å². The van der Waals surface area contributed by atoms with E-state index in [9.17, 15) is 19.8 Å². The SMILES string of the molecule is CSCC[C@H](NC(=O)[C@@H](Cc1ccccc1)CN1CC[C@@H](C)[C@@H](C)C1c1cccc(O)c1)C(=O)O. The molecule has 1 aliphatic heterocycles. The van der Waals surface area contributed by atoms with E-state index in [1.54, 1.807) is 17.8 Å². The Hall–Kier alpha value is -2.51. The van der Waals surface area contributed by atoms with Gasteiger partial charge in [-0.25, -0.2) is 4.79 Å². The van der Waals surface area contributed by atoms with Crippen molar-refractivity contribution in [2.24, 2.45) is 17.8 Å². The third-order valence-corrected chi connectivity index (χ3v) is 7.89. The molecule has 2 aromatic rings. The van der Waals surface area contributed by atoms with Crippen LogP contribution in [0.25, 0.3) is 0 Å². The number of likely N-dealkylation sites (tertiary alicyclic amines) is 1. The summed E-state index contributed by atoms with van der Waals surface area (Å²) in [6, 6.07) is 16.5. The quantitative estimate of drug-likeness (QED) is 0.420. The van der Waals surface area contributed by atoms with Crippen molar-refractivity contribution in [2.45, 2.75) is 45.2 Å². The van der Waals surface area contributed by atoms with Crippen LogP contribution in [-0.4, -0.2) is 58.1 Å². The number of carboxylic acid groups (broad SMARTS) is 1. The number of thioether (sulfide) groups is 1. The number of carboxylic acids is 1. The lowest BCUT2D eigenvalue weighted by molar-refractivity contribution is -0.142. The first-order valence-electron chi connectivity index (χ1n) is 12.4. The normalized spacial score (nSPS) is 22.3. The highest BCUT2D eigenvalue weighted by atomic mass is 32.2. The summed E-state index contributed by atoms with van der Waals surface area (Å²) < 4.78 is 0. The standard InChI is InChI=1S/C28H38N2O4S/c1-19-12-14-30(26(20(19)2)22-10-7-11-24(31)17-22)18-23(16-21-8-5-4-6-9-21)27(32)29-25(28(33)34)13-15-35-3/h4-11,17,19-20,23,25-26,31H,12-16,18H2,1-3H3,(H,29,32)(H,33,34)/t19-,20-,23+,25+,26?/m1/s1. The largest absolute Gasteiger partial charge is 0.508 e. The van der Waals surface area contributed by atoms with Gasteiger partial charge in [-0.15, -0.1) is 0 Å². The van der Waals surface area contributed by atoms with E-state index in [0.29, 0.717) is 37.0 Å². The van der Waals surface area contributed by atoms with E-state index >= 15 is 0 Å². The number of hydrogen-bond acceptors (Lipinski definition) is 5. The van der Waals surface area contributed by atoms with Crippen LogP contribution in [0.2, 0.25) is 0 Å². The van der Waals surface area contributed by atoms with E-state index in [-0.39, 0.29) is 17.7 Å². The van der Waals surface area contributed by atoms with Gasteiger partial charge in [0.1, 0.15) is 11.8 Å². The molecule has 1 aliphatic rings. The van der Waals surface area contributed by atoms with Crippen LogP contribution in [0.5, 0.6) is 5.75 Å². The first-order chi connectivity index (χ1) is 16.8. The van der Waals surface area contributed by atoms with E-state index in [4.69, 9.17) is 0 Å². The second-order valence-electron chi connectivity index (χ2n) is 9.73. The van der Waals surface area contributed by atoms with E-state index in [0.717, 1.165) is 24.1 Å². The van der Waals surface area contributed by atoms with Crippen LogP contribution in [-0.2, 0) is 16.0 Å². The molecule has 0 spiro atoms. The van der Waals surface area contributed by atoms with Crippen LogP contribution in [0.4, 0.5) is 0 Å². The number of hydrogen-bond donors (Lipinski definition) is 3. The zero-order valence-corrected chi connectivity index (χ0v) is 21.7. The maximum atomic E-state index is 13.5. The van der Waals surface area contributed by atoms with Crippen LogP contribution in [0, 0.1) is 17.8 Å². The molecule has 3 N–H and O–H groups in total. The third-order valence-electron chi connectivity index (χ3n) is 7.25. The molecular weight excluding hydrogens is 460 g/mol. The van der Waals surface area contributed by atoms with Gasteiger partial charge < -0.3 is 15.5 Å². The van der Waals surface area contributed by atoms with Crippen molar-refractivity contribution in [3.05, 3.63) is 65.7 Å². The molecule has 1 amide bonds. The molecule has 2 aromatic carbocycles. The molecule has 1 unspecified atom stereocenters. The number of carbonyl (C=O) groups excluding carboxylic acids is 1. The highest BCUT2D eigenvalue weighted by Gasteiger charge is 2.37. The van der Waals surface area contributed by atoms with Crippen molar-refractivity contribution < 1.29 is 19.8 Å². The number of phenolic OH excluding ortho intramolecular Hbond substituents is 1. The molecule has 0 saturated carbocycles. The predicted octanol–water partition coefficient (Wildman–Crippen LogP) is 4.59. The van der Waals surface area contributed by atoms with Crippen molar-refractivity contribution in [3.8, 4) is 5.75 Å². The summed E-state index contributed by atoms with van der Waals surface area (Å²) in [4.78, 5) is 27.6. The number of piperidine rings is 1. The maximum absolute atomic E-state index is 13.5. The number of aromatic hydroxyl groups is 1. The first kappa shape index (κ1) is 27.1. The fourth-order valence-electron chi connectivity index (χ4n) is 5.05. The van der Waals surface area contributed by atoms with Gasteiger partial charge >= 0.3 is 5.97 Å². The number of nitrogens with zero attached hydrogens (tertiary/aromatic N) is 1. The Bertz CT molecular complexity index is 970. The molecule has 190 valence electrons. The molecule has 35 heavy (non-hydrogen) atoms. The maximum Gasteiger partial charge on any atom is 0.326 e. The van der Waals surface area contributed by atoms with Crippen LogP contribution < -0.4 is 5.32 Å². The van der Waals surface area contributed by atoms with Crippen LogP contribution >= 0.6 is 11.8 Å². The minimum Gasteiger partial charge on any atom is -0.508 e. The van der Waals surface area contributed by atoms with E-state index < -0.39 is 17.9 Å². The van der Waals surface area contributed by atoms with E-state index in [1.807, 2.05) is 54.8 Å². The van der Waals surface area contributed by atoms with Gasteiger partial charge in [0.25, 0.3) is 0 Å². The summed E-state index contributed by atoms with van der Waals surface area (Å²) in [6.07, 6.45) is 3.89. The number of aliphatic carboxylic acids is 1. The number of nitrogens with one attached hydrogen (secondary N) is 1. The van der Waals surface area contributed by atoms with Crippen LogP contribution in [0.3, 0.4) is 0 Å². The summed E-state index contributed by atoms with van der Waals surface area (Å²) in [5, 5.41) is 22.6. The molecule has 6 nitrogen and oxygen atoms in total. The van der Waals surface area contributed by atoms with Gasteiger partial charge in [0, 0.05) is 12.6 Å². The number of phenols is 1. The number of amides is 1. The summed E-state index contributed by atoms with van der Waals surface area (Å²) in [6.45, 7) is 5.86. The molecule has 1 saturated heterocycles. The lowest BCUT2D eigenvalue weighted by Crippen LogP contribution is -2.49. The molecule has 0 radical (unpaired) electrons. The minimum absolute atomic E-state index is 0.0729. The zero-order chi connectivity index (χ0) is 25.4. The zero-order valence-electron chi connectivity index (χ0n) is 20.9. The fraction of sp³-hybridized carbons (Fsp3) is 0.500. The Morgan fingerprint density at radius 1 is 1.14 bits per heavy atom. The van der Waals surface area contributed by atoms with Crippen molar-refractivity contribution in [3.63, 3.8) is 0 Å².